The molecule has 2 aromatic heterocycles. The molecule has 1 amide bonds. The van der Waals surface area contributed by atoms with Gasteiger partial charge in [0, 0.05) is 24.0 Å². The molecule has 0 saturated carbocycles. The first-order chi connectivity index (χ1) is 18.6. The first-order valence-electron chi connectivity index (χ1n) is 13.3. The fourth-order valence-electron chi connectivity index (χ4n) is 5.43. The Labute approximate surface area is 227 Å². The summed E-state index contributed by atoms with van der Waals surface area (Å²) in [7, 11) is 0. The number of aromatic nitrogens is 1. The highest BCUT2D eigenvalue weighted by Gasteiger charge is 2.28. The van der Waals surface area contributed by atoms with E-state index in [-0.39, 0.29) is 5.91 Å². The van der Waals surface area contributed by atoms with Crippen molar-refractivity contribution in [1.29, 1.82) is 0 Å². The van der Waals surface area contributed by atoms with Crippen LogP contribution in [-0.2, 0) is 6.42 Å². The lowest BCUT2D eigenvalue weighted by atomic mass is 9.90. The number of hydrogen-bond acceptors (Lipinski definition) is 4. The summed E-state index contributed by atoms with van der Waals surface area (Å²) in [6, 6.07) is 31.4. The molecule has 0 spiro atoms. The molecule has 5 heteroatoms. The van der Waals surface area contributed by atoms with Gasteiger partial charge < -0.3 is 10.6 Å². The van der Waals surface area contributed by atoms with Crippen LogP contribution in [0.5, 0.6) is 0 Å². The lowest BCUT2D eigenvalue weighted by Crippen LogP contribution is -2.38. The van der Waals surface area contributed by atoms with Crippen LogP contribution >= 0.6 is 11.3 Å². The Kier molecular flexibility index (Phi) is 6.69. The van der Waals surface area contributed by atoms with Crippen molar-refractivity contribution in [2.75, 3.05) is 18.8 Å². The zero-order chi connectivity index (χ0) is 26.1. The number of thiophene rings is 1. The van der Waals surface area contributed by atoms with Crippen LogP contribution in [0.3, 0.4) is 0 Å². The standard InChI is InChI=1S/C33H31N3OS/c1-22-12-14-25(15-13-22)27-21-28(26-10-6-3-7-11-26)35-32-29(27)30(34)31(38-32)33(37)36-18-16-24(17-19-36)20-23-8-4-2-5-9-23/h2-15,21,24H,16-20,34H2,1H3. The Bertz CT molecular complexity index is 1570. The van der Waals surface area contributed by atoms with Crippen molar-refractivity contribution >= 4 is 33.1 Å². The summed E-state index contributed by atoms with van der Waals surface area (Å²) >= 11 is 1.42. The number of pyridine rings is 1. The maximum Gasteiger partial charge on any atom is 0.266 e. The van der Waals surface area contributed by atoms with E-state index in [0.29, 0.717) is 16.5 Å². The number of hydrogen-bond donors (Lipinski definition) is 1. The molecular weight excluding hydrogens is 486 g/mol. The molecule has 0 aliphatic carbocycles. The molecule has 38 heavy (non-hydrogen) atoms. The van der Waals surface area contributed by atoms with Crippen LogP contribution < -0.4 is 5.73 Å². The number of nitrogens with zero attached hydrogens (tertiary/aromatic N) is 2. The fraction of sp³-hybridized carbons (Fsp3) is 0.212. The van der Waals surface area contributed by atoms with Gasteiger partial charge in [-0.25, -0.2) is 4.98 Å². The predicted octanol–water partition coefficient (Wildman–Crippen LogP) is 7.62. The third-order valence-electron chi connectivity index (χ3n) is 7.59. The monoisotopic (exact) mass is 517 g/mol. The van der Waals surface area contributed by atoms with E-state index in [1.165, 1.54) is 22.5 Å². The highest BCUT2D eigenvalue weighted by molar-refractivity contribution is 7.21. The van der Waals surface area contributed by atoms with Crippen molar-refractivity contribution in [3.8, 4) is 22.4 Å². The van der Waals surface area contributed by atoms with Gasteiger partial charge in [-0.2, -0.15) is 0 Å². The average Bonchev–Trinajstić information content (AvgIpc) is 3.30. The van der Waals surface area contributed by atoms with Crippen LogP contribution in [0.2, 0.25) is 0 Å². The number of likely N-dealkylation sites (tertiary alicyclic amines) is 1. The van der Waals surface area contributed by atoms with Gasteiger partial charge in [-0.1, -0.05) is 90.5 Å². The summed E-state index contributed by atoms with van der Waals surface area (Å²) in [4.78, 5) is 22.1. The quantitative estimate of drug-likeness (QED) is 0.261. The molecule has 3 aromatic carbocycles. The summed E-state index contributed by atoms with van der Waals surface area (Å²) in [6.07, 6.45) is 3.09. The van der Waals surface area contributed by atoms with Crippen LogP contribution in [0, 0.1) is 12.8 Å². The molecule has 1 fully saturated rings. The summed E-state index contributed by atoms with van der Waals surface area (Å²) < 4.78 is 0. The molecule has 4 nitrogen and oxygen atoms in total. The SMILES string of the molecule is Cc1ccc(-c2cc(-c3ccccc3)nc3sc(C(=O)N4CCC(Cc5ccccc5)CC4)c(N)c23)cc1. The maximum atomic E-state index is 13.7. The Balaban J connectivity index is 1.33. The first kappa shape index (κ1) is 24.4. The highest BCUT2D eigenvalue weighted by atomic mass is 32.1. The van der Waals surface area contributed by atoms with Crippen LogP contribution in [-0.4, -0.2) is 28.9 Å². The largest absolute Gasteiger partial charge is 0.397 e. The molecule has 0 bridgehead atoms. The summed E-state index contributed by atoms with van der Waals surface area (Å²) in [5.74, 6) is 0.629. The van der Waals surface area contributed by atoms with Gasteiger partial charge in [0.1, 0.15) is 9.71 Å². The molecule has 2 N–H and O–H groups in total. The van der Waals surface area contributed by atoms with Crippen LogP contribution in [0.25, 0.3) is 32.6 Å². The van der Waals surface area contributed by atoms with Gasteiger partial charge in [-0.05, 0) is 54.9 Å². The molecule has 5 aromatic rings. The van der Waals surface area contributed by atoms with Gasteiger partial charge in [0.2, 0.25) is 0 Å². The van der Waals surface area contributed by atoms with Crippen molar-refractivity contribution in [2.24, 2.45) is 5.92 Å². The second-order valence-electron chi connectivity index (χ2n) is 10.2. The number of piperidine rings is 1. The number of carbonyl (C=O) groups excluding carboxylic acids is 1. The van der Waals surface area contributed by atoms with Crippen molar-refractivity contribution in [2.45, 2.75) is 26.2 Å². The molecule has 6 rings (SSSR count). The Morgan fingerprint density at radius 1 is 0.921 bits per heavy atom. The fourth-order valence-corrected chi connectivity index (χ4v) is 6.52. The lowest BCUT2D eigenvalue weighted by molar-refractivity contribution is 0.0696. The maximum absolute atomic E-state index is 13.7. The van der Waals surface area contributed by atoms with E-state index in [2.05, 4.69) is 79.7 Å². The number of fused-ring (bicyclic) bond motifs is 1. The van der Waals surface area contributed by atoms with Gasteiger partial charge >= 0.3 is 0 Å². The number of benzene rings is 3. The van der Waals surface area contributed by atoms with Crippen molar-refractivity contribution in [3.63, 3.8) is 0 Å². The number of nitrogen functional groups attached to an aromatic ring is 1. The van der Waals surface area contributed by atoms with Crippen LogP contribution in [0.4, 0.5) is 5.69 Å². The van der Waals surface area contributed by atoms with Gasteiger partial charge in [0.25, 0.3) is 5.91 Å². The highest BCUT2D eigenvalue weighted by Crippen LogP contribution is 2.42. The molecule has 1 aliphatic rings. The molecule has 0 unspecified atom stereocenters. The van der Waals surface area contributed by atoms with E-state index in [1.807, 2.05) is 23.1 Å². The summed E-state index contributed by atoms with van der Waals surface area (Å²) in [5, 5.41) is 0.876. The predicted molar refractivity (Wildman–Crippen MR) is 158 cm³/mol. The topological polar surface area (TPSA) is 59.2 Å². The van der Waals surface area contributed by atoms with E-state index in [9.17, 15) is 4.79 Å². The number of amides is 1. The molecule has 190 valence electrons. The minimum absolute atomic E-state index is 0.0276. The number of nitrogens with two attached hydrogens (primary N) is 1. The minimum atomic E-state index is 0.0276. The van der Waals surface area contributed by atoms with Crippen molar-refractivity contribution in [1.82, 2.24) is 9.88 Å². The van der Waals surface area contributed by atoms with Crippen LogP contribution in [0.15, 0.2) is 91.0 Å². The van der Waals surface area contributed by atoms with Crippen LogP contribution in [0.1, 0.15) is 33.6 Å². The van der Waals surface area contributed by atoms with Crippen molar-refractivity contribution in [3.05, 3.63) is 107 Å². The summed E-state index contributed by atoms with van der Waals surface area (Å²) in [6.45, 7) is 3.61. The second-order valence-corrected chi connectivity index (χ2v) is 11.2. The lowest BCUT2D eigenvalue weighted by Gasteiger charge is -2.32. The third kappa shape index (κ3) is 4.82. The smallest absolute Gasteiger partial charge is 0.266 e. The van der Waals surface area contributed by atoms with Gasteiger partial charge in [0.15, 0.2) is 0 Å². The molecular formula is C33H31N3OS. The number of rotatable bonds is 5. The zero-order valence-electron chi connectivity index (χ0n) is 21.6. The number of anilines is 1. The number of aryl methyl sites for hydroxylation is 1. The molecule has 1 aliphatic heterocycles. The van der Waals surface area contributed by atoms with E-state index < -0.39 is 0 Å². The molecule has 0 radical (unpaired) electrons. The average molecular weight is 518 g/mol. The van der Waals surface area contributed by atoms with E-state index in [1.54, 1.807) is 0 Å². The first-order valence-corrected chi connectivity index (χ1v) is 14.1. The third-order valence-corrected chi connectivity index (χ3v) is 8.68. The van der Waals surface area contributed by atoms with E-state index >= 15 is 0 Å². The number of carbonyl (C=O) groups is 1. The molecule has 3 heterocycles. The van der Waals surface area contributed by atoms with Crippen molar-refractivity contribution < 1.29 is 4.79 Å². The molecule has 0 atom stereocenters. The van der Waals surface area contributed by atoms with E-state index in [0.717, 1.165) is 65.0 Å². The normalized spacial score (nSPS) is 14.2. The van der Waals surface area contributed by atoms with Gasteiger partial charge in [0.05, 0.1) is 11.4 Å². The zero-order valence-corrected chi connectivity index (χ0v) is 22.4. The molecule has 1 saturated heterocycles. The van der Waals surface area contributed by atoms with Gasteiger partial charge in [-0.3, -0.25) is 4.79 Å². The minimum Gasteiger partial charge on any atom is -0.397 e. The second kappa shape index (κ2) is 10.4. The summed E-state index contributed by atoms with van der Waals surface area (Å²) in [5.41, 5.74) is 13.9. The Morgan fingerprint density at radius 2 is 1.58 bits per heavy atom. The Hall–Kier alpha value is -3.96. The Morgan fingerprint density at radius 3 is 2.26 bits per heavy atom. The van der Waals surface area contributed by atoms with E-state index in [4.69, 9.17) is 10.7 Å². The van der Waals surface area contributed by atoms with Gasteiger partial charge in [-0.15, -0.1) is 11.3 Å².